The molecule has 0 bridgehead atoms. The van der Waals surface area contributed by atoms with Gasteiger partial charge in [0.25, 0.3) is 0 Å². The summed E-state index contributed by atoms with van der Waals surface area (Å²) >= 11 is 0. The minimum absolute atomic E-state index is 0.176. The van der Waals surface area contributed by atoms with Crippen molar-refractivity contribution < 1.29 is 9.47 Å². The summed E-state index contributed by atoms with van der Waals surface area (Å²) in [4.78, 5) is 0. The van der Waals surface area contributed by atoms with E-state index in [1.807, 2.05) is 32.0 Å². The average molecular weight is 222 g/mol. The van der Waals surface area contributed by atoms with Gasteiger partial charge in [-0.25, -0.2) is 0 Å². The molecule has 0 aliphatic heterocycles. The second-order valence-corrected chi connectivity index (χ2v) is 5.26. The Morgan fingerprint density at radius 3 is 2.06 bits per heavy atom. The summed E-state index contributed by atoms with van der Waals surface area (Å²) in [5.41, 5.74) is 1.34. The fourth-order valence-electron chi connectivity index (χ4n) is 1.35. The van der Waals surface area contributed by atoms with E-state index in [9.17, 15) is 0 Å². The Morgan fingerprint density at radius 2 is 1.56 bits per heavy atom. The molecule has 1 aromatic carbocycles. The molecule has 0 heterocycles. The number of ether oxygens (including phenoxy) is 2. The van der Waals surface area contributed by atoms with Crippen LogP contribution in [0.25, 0.3) is 0 Å². The summed E-state index contributed by atoms with van der Waals surface area (Å²) in [5.74, 6) is 1.77. The van der Waals surface area contributed by atoms with Crippen molar-refractivity contribution in [1.29, 1.82) is 0 Å². The predicted octanol–water partition coefficient (Wildman–Crippen LogP) is 3.82. The minimum Gasteiger partial charge on any atom is -0.494 e. The van der Waals surface area contributed by atoms with Crippen molar-refractivity contribution in [3.8, 4) is 11.5 Å². The zero-order valence-electron chi connectivity index (χ0n) is 11.0. The van der Waals surface area contributed by atoms with E-state index in [1.54, 1.807) is 0 Å². The summed E-state index contributed by atoms with van der Waals surface area (Å²) in [5, 5.41) is 0. The van der Waals surface area contributed by atoms with E-state index in [2.05, 4.69) is 20.8 Å². The molecule has 0 amide bonds. The van der Waals surface area contributed by atoms with Crippen LogP contribution in [0.3, 0.4) is 0 Å². The lowest BCUT2D eigenvalue weighted by Gasteiger charge is -2.19. The fourth-order valence-corrected chi connectivity index (χ4v) is 1.35. The molecule has 0 radical (unpaired) electrons. The highest BCUT2D eigenvalue weighted by atomic mass is 16.5. The summed E-state index contributed by atoms with van der Waals surface area (Å²) in [6, 6.07) is 6.00. The van der Waals surface area contributed by atoms with Crippen LogP contribution < -0.4 is 9.47 Å². The van der Waals surface area contributed by atoms with Crippen molar-refractivity contribution in [2.45, 2.75) is 34.6 Å². The molecule has 0 N–H and O–H groups in total. The number of hydrogen-bond acceptors (Lipinski definition) is 2. The predicted molar refractivity (Wildman–Crippen MR) is 67.3 cm³/mol. The molecule has 1 rings (SSSR count). The molecule has 0 saturated carbocycles. The molecule has 90 valence electrons. The first kappa shape index (κ1) is 12.9. The molecule has 0 atom stereocenters. The Morgan fingerprint density at radius 1 is 1.00 bits per heavy atom. The Hall–Kier alpha value is -1.18. The van der Waals surface area contributed by atoms with Crippen molar-refractivity contribution in [1.82, 2.24) is 0 Å². The van der Waals surface area contributed by atoms with Crippen LogP contribution in [0.1, 0.15) is 33.3 Å². The maximum Gasteiger partial charge on any atom is 0.123 e. The van der Waals surface area contributed by atoms with E-state index in [0.717, 1.165) is 17.1 Å². The van der Waals surface area contributed by atoms with E-state index in [0.29, 0.717) is 13.2 Å². The summed E-state index contributed by atoms with van der Waals surface area (Å²) < 4.78 is 11.2. The van der Waals surface area contributed by atoms with Gasteiger partial charge in [0.2, 0.25) is 0 Å². The van der Waals surface area contributed by atoms with Gasteiger partial charge in [0, 0.05) is 6.07 Å². The van der Waals surface area contributed by atoms with Gasteiger partial charge in [0.05, 0.1) is 13.2 Å². The molecule has 2 heteroatoms. The minimum atomic E-state index is 0.176. The van der Waals surface area contributed by atoms with Crippen LogP contribution in [0, 0.1) is 12.3 Å². The van der Waals surface area contributed by atoms with Crippen LogP contribution in [-0.4, -0.2) is 13.2 Å². The molecule has 1 aromatic rings. The van der Waals surface area contributed by atoms with Crippen LogP contribution in [0.2, 0.25) is 0 Å². The lowest BCUT2D eigenvalue weighted by molar-refractivity contribution is 0.197. The van der Waals surface area contributed by atoms with E-state index in [1.165, 1.54) is 0 Å². The topological polar surface area (TPSA) is 18.5 Å². The maximum absolute atomic E-state index is 5.76. The van der Waals surface area contributed by atoms with Crippen molar-refractivity contribution in [2.24, 2.45) is 5.41 Å². The highest BCUT2D eigenvalue weighted by Gasteiger charge is 2.11. The van der Waals surface area contributed by atoms with E-state index >= 15 is 0 Å². The molecule has 0 aliphatic carbocycles. The van der Waals surface area contributed by atoms with Crippen LogP contribution in [0.15, 0.2) is 18.2 Å². The summed E-state index contributed by atoms with van der Waals surface area (Å²) in [7, 11) is 0. The Kier molecular flexibility index (Phi) is 4.22. The van der Waals surface area contributed by atoms with Gasteiger partial charge in [0.1, 0.15) is 11.5 Å². The molecule has 0 unspecified atom stereocenters. The number of rotatable bonds is 4. The molecule has 0 aliphatic rings. The highest BCUT2D eigenvalue weighted by molar-refractivity contribution is 5.37. The quantitative estimate of drug-likeness (QED) is 0.771. The molecule has 0 spiro atoms. The van der Waals surface area contributed by atoms with Crippen LogP contribution >= 0.6 is 0 Å². The van der Waals surface area contributed by atoms with Gasteiger partial charge in [-0.15, -0.1) is 0 Å². The first-order valence-electron chi connectivity index (χ1n) is 5.78. The van der Waals surface area contributed by atoms with Crippen molar-refractivity contribution in [3.05, 3.63) is 23.8 Å². The first-order chi connectivity index (χ1) is 7.40. The van der Waals surface area contributed by atoms with Gasteiger partial charge in [0.15, 0.2) is 0 Å². The third-order valence-electron chi connectivity index (χ3n) is 2.01. The van der Waals surface area contributed by atoms with Crippen LogP contribution in [-0.2, 0) is 0 Å². The number of benzene rings is 1. The second kappa shape index (κ2) is 5.24. The highest BCUT2D eigenvalue weighted by Crippen LogP contribution is 2.24. The normalized spacial score (nSPS) is 11.3. The van der Waals surface area contributed by atoms with Crippen molar-refractivity contribution in [3.63, 3.8) is 0 Å². The smallest absolute Gasteiger partial charge is 0.123 e. The summed E-state index contributed by atoms with van der Waals surface area (Å²) in [6.45, 7) is 11.9. The molecule has 0 aromatic heterocycles. The monoisotopic (exact) mass is 222 g/mol. The lowest BCUT2D eigenvalue weighted by atomic mass is 9.99. The zero-order chi connectivity index (χ0) is 12.2. The molecular formula is C14H22O2. The van der Waals surface area contributed by atoms with E-state index in [4.69, 9.17) is 9.47 Å². The van der Waals surface area contributed by atoms with E-state index < -0.39 is 0 Å². The summed E-state index contributed by atoms with van der Waals surface area (Å²) in [6.07, 6.45) is 0. The standard InChI is InChI=1S/C14H22O2/c1-6-15-12-7-11(2)8-13(9-12)16-10-14(3,4)5/h7-9H,6,10H2,1-5H3. The van der Waals surface area contributed by atoms with Gasteiger partial charge in [-0.05, 0) is 37.0 Å². The Balaban J connectivity index is 2.72. The number of aryl methyl sites for hydroxylation is 1. The van der Waals surface area contributed by atoms with Crippen molar-refractivity contribution >= 4 is 0 Å². The third-order valence-corrected chi connectivity index (χ3v) is 2.01. The van der Waals surface area contributed by atoms with Crippen molar-refractivity contribution in [2.75, 3.05) is 13.2 Å². The lowest BCUT2D eigenvalue weighted by Crippen LogP contribution is -2.16. The van der Waals surface area contributed by atoms with Gasteiger partial charge in [-0.2, -0.15) is 0 Å². The maximum atomic E-state index is 5.76. The largest absolute Gasteiger partial charge is 0.494 e. The molecule has 2 nitrogen and oxygen atoms in total. The average Bonchev–Trinajstić information content (AvgIpc) is 2.13. The van der Waals surface area contributed by atoms with Gasteiger partial charge >= 0.3 is 0 Å². The Bertz CT molecular complexity index is 337. The SMILES string of the molecule is CCOc1cc(C)cc(OCC(C)(C)C)c1. The third kappa shape index (κ3) is 4.56. The van der Waals surface area contributed by atoms with Crippen LogP contribution in [0.4, 0.5) is 0 Å². The molecule has 0 fully saturated rings. The van der Waals surface area contributed by atoms with Gasteiger partial charge in [-0.3, -0.25) is 0 Å². The van der Waals surface area contributed by atoms with Crippen LogP contribution in [0.5, 0.6) is 11.5 Å². The van der Waals surface area contributed by atoms with Gasteiger partial charge < -0.3 is 9.47 Å². The first-order valence-corrected chi connectivity index (χ1v) is 5.78. The number of hydrogen-bond donors (Lipinski definition) is 0. The van der Waals surface area contributed by atoms with Gasteiger partial charge in [-0.1, -0.05) is 20.8 Å². The fraction of sp³-hybridized carbons (Fsp3) is 0.571. The zero-order valence-corrected chi connectivity index (χ0v) is 11.0. The Labute approximate surface area is 98.6 Å². The molecule has 16 heavy (non-hydrogen) atoms. The van der Waals surface area contributed by atoms with E-state index in [-0.39, 0.29) is 5.41 Å². The second-order valence-electron chi connectivity index (χ2n) is 5.26. The molecular weight excluding hydrogens is 200 g/mol. The molecule has 0 saturated heterocycles.